The van der Waals surface area contributed by atoms with Crippen LogP contribution in [0.4, 0.5) is 10.1 Å². The summed E-state index contributed by atoms with van der Waals surface area (Å²) in [5.41, 5.74) is -0.450. The summed E-state index contributed by atoms with van der Waals surface area (Å²) in [4.78, 5) is 11.6. The van der Waals surface area contributed by atoms with Crippen LogP contribution in [0.5, 0.6) is 0 Å². The molecule has 3 nitrogen and oxygen atoms in total. The van der Waals surface area contributed by atoms with Crippen molar-refractivity contribution in [2.24, 2.45) is 0 Å². The van der Waals surface area contributed by atoms with Crippen LogP contribution in [0.2, 0.25) is 0 Å². The number of para-hydroxylation sites is 1. The van der Waals surface area contributed by atoms with Gasteiger partial charge in [0, 0.05) is 10.2 Å². The largest absolute Gasteiger partial charge is 0.479 e. The minimum Gasteiger partial charge on any atom is -0.479 e. The molecule has 0 aliphatic carbocycles. The molecule has 0 aliphatic heterocycles. The maximum Gasteiger partial charge on any atom is 0.333 e. The zero-order valence-corrected chi connectivity index (χ0v) is 12.3. The monoisotopic (exact) mass is 337 g/mol. The first kappa shape index (κ1) is 14.5. The van der Waals surface area contributed by atoms with Gasteiger partial charge in [-0.2, -0.15) is 0 Å². The third kappa shape index (κ3) is 2.82. The van der Waals surface area contributed by atoms with Gasteiger partial charge < -0.3 is 10.4 Å². The smallest absolute Gasteiger partial charge is 0.333 e. The Balaban J connectivity index is 2.46. The first-order valence-corrected chi connectivity index (χ1v) is 6.75. The average molecular weight is 338 g/mol. The van der Waals surface area contributed by atoms with Crippen LogP contribution in [0, 0.1) is 5.82 Å². The Bertz CT molecular complexity index is 647. The molecular formula is C15H13BrFNO2. The summed E-state index contributed by atoms with van der Waals surface area (Å²) in [6.07, 6.45) is 0. The molecule has 0 amide bonds. The van der Waals surface area contributed by atoms with E-state index in [1.54, 1.807) is 24.3 Å². The summed E-state index contributed by atoms with van der Waals surface area (Å²) >= 11 is 3.36. The SMILES string of the molecule is CC(Nc1ccccc1Br)(C(=O)O)c1cccc(F)c1. The number of carbonyl (C=O) groups is 1. The van der Waals surface area contributed by atoms with E-state index in [9.17, 15) is 14.3 Å². The van der Waals surface area contributed by atoms with Gasteiger partial charge in [-0.05, 0) is 52.7 Å². The van der Waals surface area contributed by atoms with E-state index in [1.165, 1.54) is 25.1 Å². The molecule has 0 aromatic heterocycles. The van der Waals surface area contributed by atoms with Gasteiger partial charge in [-0.15, -0.1) is 0 Å². The van der Waals surface area contributed by atoms with E-state index in [-0.39, 0.29) is 0 Å². The zero-order valence-electron chi connectivity index (χ0n) is 10.7. The van der Waals surface area contributed by atoms with Gasteiger partial charge in [-0.25, -0.2) is 9.18 Å². The van der Waals surface area contributed by atoms with Crippen LogP contribution in [0.3, 0.4) is 0 Å². The highest BCUT2D eigenvalue weighted by atomic mass is 79.9. The highest BCUT2D eigenvalue weighted by Crippen LogP contribution is 2.31. The van der Waals surface area contributed by atoms with Crippen molar-refractivity contribution in [3.8, 4) is 0 Å². The molecule has 1 unspecified atom stereocenters. The van der Waals surface area contributed by atoms with E-state index in [0.717, 1.165) is 4.47 Å². The number of nitrogens with one attached hydrogen (secondary N) is 1. The number of anilines is 1. The summed E-state index contributed by atoms with van der Waals surface area (Å²) < 4.78 is 14.1. The number of benzene rings is 2. The first-order chi connectivity index (χ1) is 9.43. The fourth-order valence-corrected chi connectivity index (χ4v) is 2.26. The number of hydrogen-bond donors (Lipinski definition) is 2. The summed E-state index contributed by atoms with van der Waals surface area (Å²) in [6, 6.07) is 12.8. The second-order valence-corrected chi connectivity index (χ2v) is 5.40. The standard InChI is InChI=1S/C15H13BrFNO2/c1-15(14(19)20,10-5-4-6-11(17)9-10)18-13-8-3-2-7-12(13)16/h2-9,18H,1H3,(H,19,20). The molecule has 5 heteroatoms. The average Bonchev–Trinajstić information content (AvgIpc) is 2.41. The van der Waals surface area contributed by atoms with Crippen LogP contribution in [0.1, 0.15) is 12.5 Å². The fraction of sp³-hybridized carbons (Fsp3) is 0.133. The number of rotatable bonds is 4. The molecular weight excluding hydrogens is 325 g/mol. The van der Waals surface area contributed by atoms with Crippen molar-refractivity contribution in [3.63, 3.8) is 0 Å². The lowest BCUT2D eigenvalue weighted by Crippen LogP contribution is -2.40. The van der Waals surface area contributed by atoms with Gasteiger partial charge in [0.05, 0.1) is 0 Å². The Kier molecular flexibility index (Phi) is 4.09. The van der Waals surface area contributed by atoms with E-state index in [1.807, 2.05) is 6.07 Å². The number of hydrogen-bond acceptors (Lipinski definition) is 2. The molecule has 20 heavy (non-hydrogen) atoms. The van der Waals surface area contributed by atoms with E-state index < -0.39 is 17.3 Å². The maximum absolute atomic E-state index is 13.3. The summed E-state index contributed by atoms with van der Waals surface area (Å²) in [6.45, 7) is 1.50. The van der Waals surface area contributed by atoms with Gasteiger partial charge in [0.2, 0.25) is 0 Å². The Morgan fingerprint density at radius 3 is 2.55 bits per heavy atom. The van der Waals surface area contributed by atoms with Gasteiger partial charge in [0.1, 0.15) is 5.82 Å². The zero-order chi connectivity index (χ0) is 14.8. The third-order valence-corrected chi connectivity index (χ3v) is 3.78. The van der Waals surface area contributed by atoms with E-state index >= 15 is 0 Å². The number of carboxylic acids is 1. The molecule has 2 N–H and O–H groups in total. The minimum absolute atomic E-state index is 0.348. The van der Waals surface area contributed by atoms with Gasteiger partial charge in [-0.3, -0.25) is 0 Å². The number of carboxylic acid groups (broad SMARTS) is 1. The molecule has 2 rings (SSSR count). The second-order valence-electron chi connectivity index (χ2n) is 4.55. The molecule has 0 spiro atoms. The Hall–Kier alpha value is -1.88. The van der Waals surface area contributed by atoms with E-state index in [0.29, 0.717) is 11.3 Å². The lowest BCUT2D eigenvalue weighted by Gasteiger charge is -2.28. The number of halogens is 2. The van der Waals surface area contributed by atoms with Crippen LogP contribution >= 0.6 is 15.9 Å². The molecule has 0 fully saturated rings. The molecule has 2 aromatic rings. The normalized spacial score (nSPS) is 13.6. The fourth-order valence-electron chi connectivity index (χ4n) is 1.88. The maximum atomic E-state index is 13.3. The topological polar surface area (TPSA) is 49.3 Å². The van der Waals surface area contributed by atoms with Crippen molar-refractivity contribution >= 4 is 27.6 Å². The predicted molar refractivity (Wildman–Crippen MR) is 79.2 cm³/mol. The van der Waals surface area contributed by atoms with Crippen LogP contribution in [-0.2, 0) is 10.3 Å². The van der Waals surface area contributed by atoms with Crippen molar-refractivity contribution < 1.29 is 14.3 Å². The summed E-state index contributed by atoms with van der Waals surface area (Å²) in [5.74, 6) is -1.55. The highest BCUT2D eigenvalue weighted by Gasteiger charge is 2.35. The van der Waals surface area contributed by atoms with Crippen LogP contribution in [0.15, 0.2) is 53.0 Å². The summed E-state index contributed by atoms with van der Waals surface area (Å²) in [5, 5.41) is 12.5. The minimum atomic E-state index is -1.42. The molecule has 0 saturated carbocycles. The Morgan fingerprint density at radius 2 is 1.95 bits per heavy atom. The number of aliphatic carboxylic acids is 1. The summed E-state index contributed by atoms with van der Waals surface area (Å²) in [7, 11) is 0. The van der Waals surface area contributed by atoms with E-state index in [4.69, 9.17) is 0 Å². The van der Waals surface area contributed by atoms with E-state index in [2.05, 4.69) is 21.2 Å². The van der Waals surface area contributed by atoms with Gasteiger partial charge in [0.25, 0.3) is 0 Å². The predicted octanol–water partition coefficient (Wildman–Crippen LogP) is 4.00. The van der Waals surface area contributed by atoms with Gasteiger partial charge in [0.15, 0.2) is 5.54 Å². The molecule has 0 radical (unpaired) electrons. The molecule has 1 atom stereocenters. The van der Waals surface area contributed by atoms with Crippen LogP contribution < -0.4 is 5.32 Å². The van der Waals surface area contributed by atoms with Crippen LogP contribution in [-0.4, -0.2) is 11.1 Å². The first-order valence-electron chi connectivity index (χ1n) is 5.95. The quantitative estimate of drug-likeness (QED) is 0.886. The van der Waals surface area contributed by atoms with Crippen molar-refractivity contribution in [3.05, 3.63) is 64.4 Å². The molecule has 104 valence electrons. The Labute approximate surface area is 124 Å². The third-order valence-electron chi connectivity index (χ3n) is 3.09. The highest BCUT2D eigenvalue weighted by molar-refractivity contribution is 9.10. The van der Waals surface area contributed by atoms with Crippen molar-refractivity contribution in [1.82, 2.24) is 0 Å². The van der Waals surface area contributed by atoms with Gasteiger partial charge in [-0.1, -0.05) is 24.3 Å². The molecule has 0 bridgehead atoms. The lowest BCUT2D eigenvalue weighted by atomic mass is 9.91. The molecule has 0 heterocycles. The molecule has 0 aliphatic rings. The second kappa shape index (κ2) is 5.63. The van der Waals surface area contributed by atoms with Gasteiger partial charge >= 0.3 is 5.97 Å². The molecule has 2 aromatic carbocycles. The molecule has 0 saturated heterocycles. The van der Waals surface area contributed by atoms with Crippen molar-refractivity contribution in [1.29, 1.82) is 0 Å². The van der Waals surface area contributed by atoms with Crippen molar-refractivity contribution in [2.75, 3.05) is 5.32 Å². The van der Waals surface area contributed by atoms with Crippen LogP contribution in [0.25, 0.3) is 0 Å². The lowest BCUT2D eigenvalue weighted by molar-refractivity contribution is -0.142. The van der Waals surface area contributed by atoms with Crippen molar-refractivity contribution in [2.45, 2.75) is 12.5 Å². The Morgan fingerprint density at radius 1 is 1.25 bits per heavy atom.